The molecule has 8 heteroatoms. The van der Waals surface area contributed by atoms with E-state index >= 15 is 0 Å². The van der Waals surface area contributed by atoms with Crippen LogP contribution in [0.5, 0.6) is 0 Å². The van der Waals surface area contributed by atoms with Gasteiger partial charge in [-0.3, -0.25) is 4.79 Å². The van der Waals surface area contributed by atoms with Gasteiger partial charge in [-0.15, -0.1) is 0 Å². The number of benzene rings is 1. The lowest BCUT2D eigenvalue weighted by molar-refractivity contribution is -0.113. The van der Waals surface area contributed by atoms with Gasteiger partial charge >= 0.3 is 0 Å². The number of carbonyl (C=O) groups is 1. The highest BCUT2D eigenvalue weighted by molar-refractivity contribution is 9.10. The van der Waals surface area contributed by atoms with Crippen LogP contribution in [0.2, 0.25) is 5.02 Å². The second kappa shape index (κ2) is 6.90. The van der Waals surface area contributed by atoms with Crippen LogP contribution in [-0.2, 0) is 4.79 Å². The number of carbonyl (C=O) groups excluding carboxylic acids is 1. The minimum Gasteiger partial charge on any atom is -0.331 e. The molecule has 23 heavy (non-hydrogen) atoms. The summed E-state index contributed by atoms with van der Waals surface area (Å²) < 4.78 is 0.982. The fourth-order valence-electron chi connectivity index (χ4n) is 2.01. The van der Waals surface area contributed by atoms with Crippen LogP contribution in [0.3, 0.4) is 0 Å². The summed E-state index contributed by atoms with van der Waals surface area (Å²) in [6, 6.07) is 7.48. The van der Waals surface area contributed by atoms with Crippen molar-refractivity contribution in [1.29, 1.82) is 0 Å². The average molecular weight is 412 g/mol. The molecular weight excluding hydrogens is 400 g/mol. The summed E-state index contributed by atoms with van der Waals surface area (Å²) in [6.45, 7) is 1.95. The van der Waals surface area contributed by atoms with Crippen LogP contribution >= 0.6 is 39.3 Å². The van der Waals surface area contributed by atoms with Crippen LogP contribution in [0.15, 0.2) is 40.1 Å². The molecule has 0 radical (unpaired) electrons. The zero-order valence-electron chi connectivity index (χ0n) is 12.1. The predicted octanol–water partition coefficient (Wildman–Crippen LogP) is 4.41. The highest BCUT2D eigenvalue weighted by atomic mass is 79.9. The minimum absolute atomic E-state index is 0.0909. The van der Waals surface area contributed by atoms with Crippen molar-refractivity contribution in [1.82, 2.24) is 15.0 Å². The summed E-state index contributed by atoms with van der Waals surface area (Å²) in [5.74, 6) is 0.162. The summed E-state index contributed by atoms with van der Waals surface area (Å²) in [7, 11) is 0. The molecular formula is C15H12BrClN4OS. The van der Waals surface area contributed by atoms with Gasteiger partial charge in [-0.05, 0) is 36.8 Å². The number of aromatic nitrogens is 3. The van der Waals surface area contributed by atoms with Crippen molar-refractivity contribution in [2.24, 2.45) is 0 Å². The Kier molecular flexibility index (Phi) is 4.89. The highest BCUT2D eigenvalue weighted by Gasteiger charge is 2.09. The molecule has 0 aliphatic carbocycles. The maximum absolute atomic E-state index is 12.1. The Hall–Kier alpha value is -1.57. The van der Waals surface area contributed by atoms with Crippen LogP contribution < -0.4 is 5.32 Å². The summed E-state index contributed by atoms with van der Waals surface area (Å²) >= 11 is 10.6. The van der Waals surface area contributed by atoms with E-state index in [0.717, 1.165) is 21.2 Å². The largest absolute Gasteiger partial charge is 0.331 e. The number of thioether (sulfide) groups is 1. The monoisotopic (exact) mass is 410 g/mol. The van der Waals surface area contributed by atoms with E-state index in [1.165, 1.54) is 11.8 Å². The number of hydrogen-bond acceptors (Lipinski definition) is 4. The predicted molar refractivity (Wildman–Crippen MR) is 97.1 cm³/mol. The number of aryl methyl sites for hydroxylation is 1. The molecule has 0 atom stereocenters. The lowest BCUT2D eigenvalue weighted by Crippen LogP contribution is -2.14. The SMILES string of the molecule is Cc1cc(Br)ccc1NC(=O)CSc1nc2ncc(Cl)cc2[nH]1. The second-order valence-corrected chi connectivity index (χ2v) is 7.18. The normalized spacial score (nSPS) is 10.9. The maximum atomic E-state index is 12.1. The number of hydrogen-bond donors (Lipinski definition) is 2. The molecule has 0 saturated heterocycles. The molecule has 0 unspecified atom stereocenters. The Morgan fingerprint density at radius 2 is 2.26 bits per heavy atom. The van der Waals surface area contributed by atoms with E-state index in [0.29, 0.717) is 15.8 Å². The minimum atomic E-state index is -0.0909. The molecule has 1 aromatic carbocycles. The molecule has 5 nitrogen and oxygen atoms in total. The lowest BCUT2D eigenvalue weighted by Gasteiger charge is -2.08. The van der Waals surface area contributed by atoms with Gasteiger partial charge in [0.15, 0.2) is 10.8 Å². The quantitative estimate of drug-likeness (QED) is 0.624. The van der Waals surface area contributed by atoms with Crippen molar-refractivity contribution in [2.75, 3.05) is 11.1 Å². The van der Waals surface area contributed by atoms with Crippen LogP contribution in [0, 0.1) is 6.92 Å². The zero-order valence-corrected chi connectivity index (χ0v) is 15.2. The molecule has 0 fully saturated rings. The van der Waals surface area contributed by atoms with E-state index < -0.39 is 0 Å². The Morgan fingerprint density at radius 3 is 3.04 bits per heavy atom. The van der Waals surface area contributed by atoms with Crippen molar-refractivity contribution < 1.29 is 4.79 Å². The third kappa shape index (κ3) is 4.04. The number of halogens is 2. The van der Waals surface area contributed by atoms with Gasteiger partial charge in [-0.25, -0.2) is 9.97 Å². The van der Waals surface area contributed by atoms with E-state index in [1.807, 2.05) is 25.1 Å². The van der Waals surface area contributed by atoms with Crippen LogP contribution in [0.25, 0.3) is 11.2 Å². The highest BCUT2D eigenvalue weighted by Crippen LogP contribution is 2.22. The number of H-pyrrole nitrogens is 1. The summed E-state index contributed by atoms with van der Waals surface area (Å²) in [4.78, 5) is 23.6. The molecule has 2 aromatic heterocycles. The first kappa shape index (κ1) is 16.3. The van der Waals surface area contributed by atoms with Gasteiger partial charge in [0.05, 0.1) is 16.3 Å². The van der Waals surface area contributed by atoms with Crippen LogP contribution in [0.4, 0.5) is 5.69 Å². The van der Waals surface area contributed by atoms with E-state index in [4.69, 9.17) is 11.6 Å². The van der Waals surface area contributed by atoms with Crippen molar-refractivity contribution in [2.45, 2.75) is 12.1 Å². The summed E-state index contributed by atoms with van der Waals surface area (Å²) in [6.07, 6.45) is 1.54. The molecule has 0 spiro atoms. The molecule has 0 saturated carbocycles. The van der Waals surface area contributed by atoms with Gasteiger partial charge < -0.3 is 10.3 Å². The number of aromatic amines is 1. The van der Waals surface area contributed by atoms with Gasteiger partial charge in [0.25, 0.3) is 0 Å². The Morgan fingerprint density at radius 1 is 1.43 bits per heavy atom. The number of rotatable bonds is 4. The smallest absolute Gasteiger partial charge is 0.234 e. The number of amides is 1. The Labute approximate surface area is 150 Å². The lowest BCUT2D eigenvalue weighted by atomic mass is 10.2. The van der Waals surface area contributed by atoms with Crippen molar-refractivity contribution in [3.63, 3.8) is 0 Å². The first-order valence-corrected chi connectivity index (χ1v) is 8.87. The number of fused-ring (bicyclic) bond motifs is 1. The van der Waals surface area contributed by atoms with E-state index in [2.05, 4.69) is 36.2 Å². The fraction of sp³-hybridized carbons (Fsp3) is 0.133. The van der Waals surface area contributed by atoms with Crippen LogP contribution in [0.1, 0.15) is 5.56 Å². The molecule has 0 aliphatic heterocycles. The van der Waals surface area contributed by atoms with Gasteiger partial charge in [0.1, 0.15) is 0 Å². The number of nitrogens with zero attached hydrogens (tertiary/aromatic N) is 2. The summed E-state index contributed by atoms with van der Waals surface area (Å²) in [5, 5.41) is 4.07. The molecule has 3 rings (SSSR count). The molecule has 2 heterocycles. The number of pyridine rings is 1. The topological polar surface area (TPSA) is 70.7 Å². The van der Waals surface area contributed by atoms with Gasteiger partial charge in [0.2, 0.25) is 5.91 Å². The molecule has 0 aliphatic rings. The Bertz CT molecular complexity index is 883. The molecule has 3 aromatic rings. The van der Waals surface area contributed by atoms with E-state index in [1.54, 1.807) is 12.3 Å². The van der Waals surface area contributed by atoms with Gasteiger partial charge in [0, 0.05) is 16.4 Å². The number of nitrogens with one attached hydrogen (secondary N) is 2. The van der Waals surface area contributed by atoms with Crippen LogP contribution in [-0.4, -0.2) is 26.6 Å². The Balaban J connectivity index is 1.63. The fourth-order valence-corrected chi connectivity index (χ4v) is 3.31. The molecule has 118 valence electrons. The van der Waals surface area contributed by atoms with E-state index in [-0.39, 0.29) is 11.7 Å². The van der Waals surface area contributed by atoms with Crippen molar-refractivity contribution in [3.8, 4) is 0 Å². The van der Waals surface area contributed by atoms with Gasteiger partial charge in [-0.1, -0.05) is 39.3 Å². The second-order valence-electron chi connectivity index (χ2n) is 4.86. The first-order valence-electron chi connectivity index (χ1n) is 6.71. The first-order chi connectivity index (χ1) is 11.0. The van der Waals surface area contributed by atoms with E-state index in [9.17, 15) is 4.79 Å². The third-order valence-electron chi connectivity index (χ3n) is 3.08. The van der Waals surface area contributed by atoms with Crippen molar-refractivity contribution in [3.05, 3.63) is 45.5 Å². The number of anilines is 1. The molecule has 2 N–H and O–H groups in total. The number of imidazole rings is 1. The standard InChI is InChI=1S/C15H12BrClN4OS/c1-8-4-9(16)2-3-11(8)19-13(22)7-23-15-20-12-5-10(17)6-18-14(12)21-15/h2-6H,7H2,1H3,(H,19,22)(H,18,20,21). The molecule has 0 bridgehead atoms. The van der Waals surface area contributed by atoms with Crippen molar-refractivity contribution >= 4 is 62.1 Å². The zero-order chi connectivity index (χ0) is 16.4. The summed E-state index contributed by atoms with van der Waals surface area (Å²) in [5.41, 5.74) is 3.14. The van der Waals surface area contributed by atoms with Gasteiger partial charge in [-0.2, -0.15) is 0 Å². The molecule has 1 amide bonds. The average Bonchev–Trinajstić information content (AvgIpc) is 2.90. The third-order valence-corrected chi connectivity index (χ3v) is 4.66. The maximum Gasteiger partial charge on any atom is 0.234 e.